The molecule has 0 unspecified atom stereocenters. The van der Waals surface area contributed by atoms with Crippen molar-refractivity contribution < 1.29 is 17.9 Å². The summed E-state index contributed by atoms with van der Waals surface area (Å²) in [7, 11) is -1.88. The molecule has 0 spiro atoms. The van der Waals surface area contributed by atoms with Gasteiger partial charge in [0, 0.05) is 25.9 Å². The maximum atomic E-state index is 12.1. The van der Waals surface area contributed by atoms with Crippen LogP contribution in [0.2, 0.25) is 0 Å². The molecule has 22 heavy (non-hydrogen) atoms. The van der Waals surface area contributed by atoms with E-state index in [-0.39, 0.29) is 19.0 Å². The molecule has 1 aromatic rings. The van der Waals surface area contributed by atoms with Gasteiger partial charge in [-0.15, -0.1) is 0 Å². The van der Waals surface area contributed by atoms with Crippen molar-refractivity contribution in [1.82, 2.24) is 4.31 Å². The van der Waals surface area contributed by atoms with Crippen LogP contribution in [0.5, 0.6) is 0 Å². The topological polar surface area (TPSA) is 75.7 Å². The first kappa shape index (κ1) is 18.6. The number of rotatable bonds is 8. The van der Waals surface area contributed by atoms with E-state index >= 15 is 0 Å². The van der Waals surface area contributed by atoms with Gasteiger partial charge in [0.25, 0.3) is 0 Å². The van der Waals surface area contributed by atoms with E-state index in [1.165, 1.54) is 0 Å². The van der Waals surface area contributed by atoms with Crippen LogP contribution in [0.4, 0.5) is 5.69 Å². The monoisotopic (exact) mass is 328 g/mol. The van der Waals surface area contributed by atoms with Crippen LogP contribution < -0.4 is 5.32 Å². The molecule has 0 atom stereocenters. The lowest BCUT2D eigenvalue weighted by molar-refractivity contribution is -0.116. The number of anilines is 1. The number of benzene rings is 1. The zero-order chi connectivity index (χ0) is 16.8. The highest BCUT2D eigenvalue weighted by Gasteiger charge is 2.19. The molecule has 0 fully saturated rings. The van der Waals surface area contributed by atoms with Crippen LogP contribution in [0, 0.1) is 13.8 Å². The van der Waals surface area contributed by atoms with Crippen molar-refractivity contribution in [3.05, 3.63) is 29.3 Å². The number of carbonyl (C=O) groups excluding carboxylic acids is 1. The minimum absolute atomic E-state index is 0.199. The van der Waals surface area contributed by atoms with Crippen LogP contribution >= 0.6 is 0 Å². The quantitative estimate of drug-likeness (QED) is 0.735. The van der Waals surface area contributed by atoms with Crippen molar-refractivity contribution in [2.75, 3.05) is 38.4 Å². The predicted molar refractivity (Wildman–Crippen MR) is 87.5 cm³/mol. The molecule has 1 amide bonds. The molecule has 0 radical (unpaired) electrons. The van der Waals surface area contributed by atoms with Gasteiger partial charge in [0.05, 0.1) is 12.8 Å². The lowest BCUT2D eigenvalue weighted by atomic mass is 10.1. The Bertz CT molecular complexity index is 594. The summed E-state index contributed by atoms with van der Waals surface area (Å²) in [4.78, 5) is 12.1. The predicted octanol–water partition coefficient (Wildman–Crippen LogP) is 1.54. The summed E-state index contributed by atoms with van der Waals surface area (Å²) in [6.07, 6.45) is 1.64. The minimum atomic E-state index is -3.43. The third-order valence-electron chi connectivity index (χ3n) is 3.05. The van der Waals surface area contributed by atoms with E-state index in [0.29, 0.717) is 18.7 Å². The van der Waals surface area contributed by atoms with E-state index in [4.69, 9.17) is 4.74 Å². The van der Waals surface area contributed by atoms with Gasteiger partial charge in [0.1, 0.15) is 0 Å². The Hall–Kier alpha value is -1.44. The fourth-order valence-corrected chi connectivity index (χ4v) is 2.97. The average Bonchev–Trinajstić information content (AvgIpc) is 2.35. The van der Waals surface area contributed by atoms with E-state index in [1.807, 2.05) is 32.0 Å². The van der Waals surface area contributed by atoms with E-state index in [0.717, 1.165) is 21.7 Å². The number of methoxy groups -OCH3 is 1. The van der Waals surface area contributed by atoms with Gasteiger partial charge < -0.3 is 10.1 Å². The number of amides is 1. The van der Waals surface area contributed by atoms with Crippen LogP contribution in [0.1, 0.15) is 17.5 Å². The zero-order valence-corrected chi connectivity index (χ0v) is 14.4. The number of carbonyl (C=O) groups is 1. The van der Waals surface area contributed by atoms with Crippen molar-refractivity contribution in [3.63, 3.8) is 0 Å². The number of ether oxygens (including phenoxy) is 1. The zero-order valence-electron chi connectivity index (χ0n) is 13.5. The van der Waals surface area contributed by atoms with Gasteiger partial charge in [-0.1, -0.05) is 6.07 Å². The second-order valence-electron chi connectivity index (χ2n) is 5.37. The first-order chi connectivity index (χ1) is 10.2. The average molecular weight is 328 g/mol. The van der Waals surface area contributed by atoms with Crippen LogP contribution in [-0.2, 0) is 19.6 Å². The molecule has 1 rings (SSSR count). The molecule has 0 heterocycles. The minimum Gasteiger partial charge on any atom is -0.385 e. The SMILES string of the molecule is COCCCN(CC(=O)Nc1cc(C)cc(C)c1)S(C)(=O)=O. The highest BCUT2D eigenvalue weighted by molar-refractivity contribution is 7.88. The molecule has 0 aromatic heterocycles. The van der Waals surface area contributed by atoms with Crippen LogP contribution in [0.25, 0.3) is 0 Å². The van der Waals surface area contributed by atoms with Crippen LogP contribution in [-0.4, -0.2) is 51.7 Å². The second kappa shape index (κ2) is 8.26. The van der Waals surface area contributed by atoms with Gasteiger partial charge in [-0.25, -0.2) is 8.42 Å². The van der Waals surface area contributed by atoms with Gasteiger partial charge in [0.2, 0.25) is 15.9 Å². The summed E-state index contributed by atoms with van der Waals surface area (Å²) in [6.45, 7) is 4.39. The summed E-state index contributed by atoms with van der Waals surface area (Å²) in [6, 6.07) is 5.70. The Morgan fingerprint density at radius 1 is 1.23 bits per heavy atom. The standard InChI is InChI=1S/C15H24N2O4S/c1-12-8-13(2)10-14(9-12)16-15(18)11-17(22(4,19)20)6-5-7-21-3/h8-10H,5-7,11H2,1-4H3,(H,16,18). The summed E-state index contributed by atoms with van der Waals surface area (Å²) < 4.78 is 29.5. The molecule has 7 heteroatoms. The maximum absolute atomic E-state index is 12.1. The molecule has 0 aliphatic rings. The van der Waals surface area contributed by atoms with Gasteiger partial charge in [-0.2, -0.15) is 4.31 Å². The number of nitrogens with one attached hydrogen (secondary N) is 1. The summed E-state index contributed by atoms with van der Waals surface area (Å²) in [5.41, 5.74) is 2.75. The Morgan fingerprint density at radius 3 is 2.32 bits per heavy atom. The molecule has 1 aromatic carbocycles. The number of hydrogen-bond donors (Lipinski definition) is 1. The van der Waals surface area contributed by atoms with Crippen molar-refractivity contribution in [2.24, 2.45) is 0 Å². The molecular weight excluding hydrogens is 304 g/mol. The van der Waals surface area contributed by atoms with Gasteiger partial charge in [0.15, 0.2) is 0 Å². The molecule has 0 saturated carbocycles. The first-order valence-corrected chi connectivity index (χ1v) is 8.89. The van der Waals surface area contributed by atoms with E-state index in [2.05, 4.69) is 5.32 Å². The van der Waals surface area contributed by atoms with E-state index in [1.54, 1.807) is 7.11 Å². The van der Waals surface area contributed by atoms with E-state index in [9.17, 15) is 13.2 Å². The largest absolute Gasteiger partial charge is 0.385 e. The first-order valence-electron chi connectivity index (χ1n) is 7.04. The van der Waals surface area contributed by atoms with Crippen molar-refractivity contribution >= 4 is 21.6 Å². The van der Waals surface area contributed by atoms with Gasteiger partial charge >= 0.3 is 0 Å². The van der Waals surface area contributed by atoms with Crippen molar-refractivity contribution in [2.45, 2.75) is 20.3 Å². The number of hydrogen-bond acceptors (Lipinski definition) is 4. The molecule has 1 N–H and O–H groups in total. The Kier molecular flexibility index (Phi) is 6.99. The third kappa shape index (κ3) is 6.55. The normalized spacial score (nSPS) is 11.7. The second-order valence-corrected chi connectivity index (χ2v) is 7.35. The smallest absolute Gasteiger partial charge is 0.239 e. The Morgan fingerprint density at radius 2 is 1.82 bits per heavy atom. The van der Waals surface area contributed by atoms with Gasteiger partial charge in [-0.05, 0) is 43.5 Å². The lowest BCUT2D eigenvalue weighted by Gasteiger charge is -2.19. The molecule has 0 aliphatic carbocycles. The van der Waals surface area contributed by atoms with Crippen LogP contribution in [0.15, 0.2) is 18.2 Å². The van der Waals surface area contributed by atoms with Crippen LogP contribution in [0.3, 0.4) is 0 Å². The highest BCUT2D eigenvalue weighted by Crippen LogP contribution is 2.14. The summed E-state index contributed by atoms with van der Waals surface area (Å²) >= 11 is 0. The number of aryl methyl sites for hydroxylation is 2. The molecular formula is C15H24N2O4S. The van der Waals surface area contributed by atoms with E-state index < -0.39 is 10.0 Å². The Balaban J connectivity index is 2.70. The fourth-order valence-electron chi connectivity index (χ4n) is 2.15. The van der Waals surface area contributed by atoms with Gasteiger partial charge in [-0.3, -0.25) is 4.79 Å². The third-order valence-corrected chi connectivity index (χ3v) is 4.30. The highest BCUT2D eigenvalue weighted by atomic mass is 32.2. The summed E-state index contributed by atoms with van der Waals surface area (Å²) in [5.74, 6) is -0.354. The number of sulfonamides is 1. The van der Waals surface area contributed by atoms with Crippen molar-refractivity contribution in [1.29, 1.82) is 0 Å². The lowest BCUT2D eigenvalue weighted by Crippen LogP contribution is -2.38. The molecule has 0 saturated heterocycles. The fraction of sp³-hybridized carbons (Fsp3) is 0.533. The molecule has 0 bridgehead atoms. The Labute approximate surface area is 132 Å². The molecule has 6 nitrogen and oxygen atoms in total. The number of nitrogens with zero attached hydrogens (tertiary/aromatic N) is 1. The maximum Gasteiger partial charge on any atom is 0.239 e. The van der Waals surface area contributed by atoms with Crippen molar-refractivity contribution in [3.8, 4) is 0 Å². The molecule has 124 valence electrons. The molecule has 0 aliphatic heterocycles. The summed E-state index contributed by atoms with van der Waals surface area (Å²) in [5, 5.41) is 2.74.